The number of nitrogens with one attached hydrogen (secondary N) is 1. The molecule has 0 saturated heterocycles. The van der Waals surface area contributed by atoms with E-state index in [1.54, 1.807) is 41.8 Å². The second-order valence-corrected chi connectivity index (χ2v) is 7.48. The van der Waals surface area contributed by atoms with Gasteiger partial charge in [0.2, 0.25) is 0 Å². The second-order valence-electron chi connectivity index (χ2n) is 6.62. The van der Waals surface area contributed by atoms with Gasteiger partial charge in [-0.3, -0.25) is 10.1 Å². The van der Waals surface area contributed by atoms with Crippen LogP contribution in [-0.4, -0.2) is 16.0 Å². The van der Waals surface area contributed by atoms with Gasteiger partial charge in [0, 0.05) is 16.5 Å². The summed E-state index contributed by atoms with van der Waals surface area (Å²) < 4.78 is 24.3. The van der Waals surface area contributed by atoms with E-state index in [0.29, 0.717) is 40.1 Å². The Morgan fingerprint density at radius 2 is 2.03 bits per heavy atom. The van der Waals surface area contributed by atoms with Gasteiger partial charge in [-0.25, -0.2) is 9.37 Å². The molecule has 0 aliphatic carbocycles. The zero-order chi connectivity index (χ0) is 21.1. The van der Waals surface area contributed by atoms with Crippen LogP contribution in [0.2, 0.25) is 0 Å². The summed E-state index contributed by atoms with van der Waals surface area (Å²) in [4.78, 5) is 17.0. The number of carbonyl (C=O) groups is 1. The monoisotopic (exact) mass is 423 g/mol. The maximum absolute atomic E-state index is 13.4. The lowest BCUT2D eigenvalue weighted by atomic mass is 10.2. The first-order valence-corrected chi connectivity index (χ1v) is 10.0. The van der Waals surface area contributed by atoms with Crippen molar-refractivity contribution in [3.05, 3.63) is 82.3 Å². The molecule has 30 heavy (non-hydrogen) atoms. The molecular formula is C22H18FN3O3S. The van der Waals surface area contributed by atoms with Gasteiger partial charge in [-0.15, -0.1) is 11.3 Å². The third-order valence-corrected chi connectivity index (χ3v) is 5.26. The van der Waals surface area contributed by atoms with Crippen molar-refractivity contribution in [1.82, 2.24) is 10.1 Å². The van der Waals surface area contributed by atoms with Gasteiger partial charge in [0.15, 0.2) is 5.13 Å². The highest BCUT2D eigenvalue weighted by atomic mass is 32.1. The van der Waals surface area contributed by atoms with Crippen LogP contribution in [0, 0.1) is 19.7 Å². The normalized spacial score (nSPS) is 10.8. The Kier molecular flexibility index (Phi) is 5.58. The van der Waals surface area contributed by atoms with Crippen LogP contribution in [0.25, 0.3) is 11.3 Å². The van der Waals surface area contributed by atoms with Gasteiger partial charge >= 0.3 is 0 Å². The quantitative estimate of drug-likeness (QED) is 0.450. The van der Waals surface area contributed by atoms with Crippen molar-refractivity contribution in [1.29, 1.82) is 0 Å². The van der Waals surface area contributed by atoms with Gasteiger partial charge in [0.25, 0.3) is 5.91 Å². The molecule has 2 aromatic carbocycles. The molecule has 4 aromatic rings. The van der Waals surface area contributed by atoms with E-state index in [-0.39, 0.29) is 11.7 Å². The molecule has 0 unspecified atom stereocenters. The number of ether oxygens (including phenoxy) is 1. The summed E-state index contributed by atoms with van der Waals surface area (Å²) in [5.74, 6) is 0.624. The molecule has 2 heterocycles. The molecule has 0 spiro atoms. The van der Waals surface area contributed by atoms with Crippen molar-refractivity contribution in [2.45, 2.75) is 20.5 Å². The molecule has 1 amide bonds. The van der Waals surface area contributed by atoms with E-state index in [1.807, 2.05) is 13.8 Å². The number of aryl methyl sites for hydroxylation is 2. The number of thiazole rings is 1. The molecule has 0 aliphatic heterocycles. The van der Waals surface area contributed by atoms with E-state index in [4.69, 9.17) is 9.26 Å². The highest BCUT2D eigenvalue weighted by Crippen LogP contribution is 2.26. The molecule has 0 bridgehead atoms. The number of benzene rings is 2. The van der Waals surface area contributed by atoms with Crippen LogP contribution in [0.1, 0.15) is 27.4 Å². The standard InChI is InChI=1S/C22H18FN3O3S/c1-13-19(14(2)29-26-13)11-28-18-8-4-6-16(10-18)21(27)25-22-24-20(12-30-22)15-5-3-7-17(23)9-15/h3-10,12H,11H2,1-2H3,(H,24,25,27). The second kappa shape index (κ2) is 8.46. The Morgan fingerprint density at radius 1 is 1.20 bits per heavy atom. The maximum Gasteiger partial charge on any atom is 0.257 e. The van der Waals surface area contributed by atoms with Gasteiger partial charge in [-0.05, 0) is 44.2 Å². The first-order chi connectivity index (χ1) is 14.5. The van der Waals surface area contributed by atoms with E-state index < -0.39 is 0 Å². The topological polar surface area (TPSA) is 77.2 Å². The third kappa shape index (κ3) is 4.38. The molecular weight excluding hydrogens is 405 g/mol. The number of halogens is 1. The zero-order valence-corrected chi connectivity index (χ0v) is 17.1. The predicted octanol–water partition coefficient (Wildman–Crippen LogP) is 5.39. The molecule has 0 radical (unpaired) electrons. The van der Waals surface area contributed by atoms with Crippen molar-refractivity contribution < 1.29 is 18.4 Å². The predicted molar refractivity (Wildman–Crippen MR) is 112 cm³/mol. The molecule has 1 N–H and O–H groups in total. The number of nitrogens with zero attached hydrogens (tertiary/aromatic N) is 2. The summed E-state index contributed by atoms with van der Waals surface area (Å²) in [7, 11) is 0. The molecule has 0 fully saturated rings. The third-order valence-electron chi connectivity index (χ3n) is 4.51. The van der Waals surface area contributed by atoms with Crippen molar-refractivity contribution >= 4 is 22.4 Å². The van der Waals surface area contributed by atoms with Gasteiger partial charge in [0.1, 0.15) is 23.9 Å². The van der Waals surface area contributed by atoms with E-state index in [1.165, 1.54) is 23.5 Å². The van der Waals surface area contributed by atoms with Gasteiger partial charge in [0.05, 0.1) is 17.0 Å². The first-order valence-electron chi connectivity index (χ1n) is 9.17. The average Bonchev–Trinajstić information content (AvgIpc) is 3.33. The number of amides is 1. The van der Waals surface area contributed by atoms with Gasteiger partial charge < -0.3 is 9.26 Å². The van der Waals surface area contributed by atoms with Crippen LogP contribution in [0.5, 0.6) is 5.75 Å². The SMILES string of the molecule is Cc1noc(C)c1COc1cccc(C(=O)Nc2nc(-c3cccc(F)c3)cs2)c1. The summed E-state index contributed by atoms with van der Waals surface area (Å²) in [5.41, 5.74) is 3.36. The van der Waals surface area contributed by atoms with E-state index in [9.17, 15) is 9.18 Å². The summed E-state index contributed by atoms with van der Waals surface area (Å²) in [5, 5.41) is 8.88. The Bertz CT molecular complexity index is 1180. The minimum atomic E-state index is -0.334. The van der Waals surface area contributed by atoms with E-state index >= 15 is 0 Å². The molecule has 0 atom stereocenters. The Balaban J connectivity index is 1.43. The fraction of sp³-hybridized carbons (Fsp3) is 0.136. The summed E-state index contributed by atoms with van der Waals surface area (Å²) in [6, 6.07) is 13.0. The number of carbonyl (C=O) groups excluding carboxylic acids is 1. The van der Waals surface area contributed by atoms with E-state index in [0.717, 1.165) is 11.3 Å². The minimum Gasteiger partial charge on any atom is -0.489 e. The van der Waals surface area contributed by atoms with Crippen molar-refractivity contribution in [2.75, 3.05) is 5.32 Å². The molecule has 6 nitrogen and oxygen atoms in total. The van der Waals surface area contributed by atoms with Crippen LogP contribution in [0.4, 0.5) is 9.52 Å². The van der Waals surface area contributed by atoms with Gasteiger partial charge in [-0.2, -0.15) is 0 Å². The average molecular weight is 423 g/mol. The minimum absolute atomic E-state index is 0.301. The van der Waals surface area contributed by atoms with Crippen molar-refractivity contribution in [3.8, 4) is 17.0 Å². The van der Waals surface area contributed by atoms with Crippen LogP contribution in [0.15, 0.2) is 58.4 Å². The number of hydrogen-bond donors (Lipinski definition) is 1. The number of aromatic nitrogens is 2. The summed E-state index contributed by atoms with van der Waals surface area (Å²) >= 11 is 1.28. The Labute approximate surface area is 176 Å². The summed E-state index contributed by atoms with van der Waals surface area (Å²) in [6.45, 7) is 3.98. The smallest absolute Gasteiger partial charge is 0.257 e. The number of rotatable bonds is 6. The molecule has 2 aromatic heterocycles. The number of anilines is 1. The van der Waals surface area contributed by atoms with E-state index in [2.05, 4.69) is 15.5 Å². The van der Waals surface area contributed by atoms with Crippen molar-refractivity contribution in [3.63, 3.8) is 0 Å². The fourth-order valence-corrected chi connectivity index (χ4v) is 3.59. The molecule has 4 rings (SSSR count). The van der Waals surface area contributed by atoms with Crippen LogP contribution in [0.3, 0.4) is 0 Å². The molecule has 8 heteroatoms. The lowest BCUT2D eigenvalue weighted by molar-refractivity contribution is 0.102. The first kappa shape index (κ1) is 19.8. The molecule has 0 saturated carbocycles. The van der Waals surface area contributed by atoms with Crippen LogP contribution >= 0.6 is 11.3 Å². The fourth-order valence-electron chi connectivity index (χ4n) is 2.87. The largest absolute Gasteiger partial charge is 0.489 e. The summed E-state index contributed by atoms with van der Waals surface area (Å²) in [6.07, 6.45) is 0. The Morgan fingerprint density at radius 3 is 2.80 bits per heavy atom. The lowest BCUT2D eigenvalue weighted by Gasteiger charge is -2.08. The highest BCUT2D eigenvalue weighted by Gasteiger charge is 2.13. The molecule has 152 valence electrons. The number of hydrogen-bond acceptors (Lipinski definition) is 6. The Hall–Kier alpha value is -3.52. The van der Waals surface area contributed by atoms with Crippen LogP contribution in [-0.2, 0) is 6.61 Å². The lowest BCUT2D eigenvalue weighted by Crippen LogP contribution is -2.11. The van der Waals surface area contributed by atoms with Crippen molar-refractivity contribution in [2.24, 2.45) is 0 Å². The zero-order valence-electron chi connectivity index (χ0n) is 16.3. The molecule has 0 aliphatic rings. The maximum atomic E-state index is 13.4. The highest BCUT2D eigenvalue weighted by molar-refractivity contribution is 7.14. The van der Waals surface area contributed by atoms with Crippen LogP contribution < -0.4 is 10.1 Å². The van der Waals surface area contributed by atoms with Gasteiger partial charge in [-0.1, -0.05) is 23.4 Å².